The molecule has 3 rings (SSSR count). The van der Waals surface area contributed by atoms with Gasteiger partial charge >= 0.3 is 6.03 Å². The van der Waals surface area contributed by atoms with Gasteiger partial charge in [-0.2, -0.15) is 0 Å². The quantitative estimate of drug-likeness (QED) is 0.922. The molecule has 1 saturated heterocycles. The number of amides is 2. The first-order valence-corrected chi connectivity index (χ1v) is 7.78. The molecule has 2 heterocycles. The Kier molecular flexibility index (Phi) is 4.50. The molecule has 0 saturated carbocycles. The lowest BCUT2D eigenvalue weighted by molar-refractivity contribution is 0.186. The maximum absolute atomic E-state index is 13.7. The number of hydrogen-bond donors (Lipinski definition) is 1. The number of carbonyl (C=O) groups is 1. The fourth-order valence-electron chi connectivity index (χ4n) is 2.61. The lowest BCUT2D eigenvalue weighted by Crippen LogP contribution is -2.40. The summed E-state index contributed by atoms with van der Waals surface area (Å²) in [6, 6.07) is 9.52. The Labute approximate surface area is 134 Å². The normalized spacial score (nSPS) is 15.5. The van der Waals surface area contributed by atoms with Gasteiger partial charge in [-0.1, -0.05) is 19.1 Å². The highest BCUT2D eigenvalue weighted by Gasteiger charge is 2.20. The topological polar surface area (TPSA) is 58.1 Å². The zero-order chi connectivity index (χ0) is 16.2. The van der Waals surface area contributed by atoms with E-state index in [-0.39, 0.29) is 11.8 Å². The first-order chi connectivity index (χ1) is 11.1. The fourth-order valence-corrected chi connectivity index (χ4v) is 2.61. The molecule has 2 amide bonds. The van der Waals surface area contributed by atoms with E-state index in [1.807, 2.05) is 0 Å². The molecule has 1 aromatic heterocycles. The number of anilines is 1. The monoisotopic (exact) mass is 314 g/mol. The Morgan fingerprint density at radius 3 is 2.57 bits per heavy atom. The van der Waals surface area contributed by atoms with E-state index < -0.39 is 0 Å². The SMILES string of the molecule is CC1CCN(C(=O)Nc2ccc(-c3ccccc3F)nn2)CC1. The summed E-state index contributed by atoms with van der Waals surface area (Å²) in [5, 5.41) is 10.7. The van der Waals surface area contributed by atoms with Crippen molar-refractivity contribution in [3.63, 3.8) is 0 Å². The van der Waals surface area contributed by atoms with Gasteiger partial charge in [0.25, 0.3) is 0 Å². The van der Waals surface area contributed by atoms with Crippen LogP contribution in [0, 0.1) is 11.7 Å². The number of likely N-dealkylation sites (tertiary alicyclic amines) is 1. The third-order valence-corrected chi connectivity index (χ3v) is 4.12. The molecule has 0 bridgehead atoms. The summed E-state index contributed by atoms with van der Waals surface area (Å²) in [6.07, 6.45) is 2.04. The molecule has 120 valence electrons. The predicted octanol–water partition coefficient (Wildman–Crippen LogP) is 3.55. The summed E-state index contributed by atoms with van der Waals surface area (Å²) >= 11 is 0. The van der Waals surface area contributed by atoms with Gasteiger partial charge in [0.15, 0.2) is 5.82 Å². The summed E-state index contributed by atoms with van der Waals surface area (Å²) < 4.78 is 13.7. The van der Waals surface area contributed by atoms with Crippen LogP contribution in [-0.2, 0) is 0 Å². The van der Waals surface area contributed by atoms with Crippen molar-refractivity contribution in [3.8, 4) is 11.3 Å². The van der Waals surface area contributed by atoms with Gasteiger partial charge in [0.1, 0.15) is 5.82 Å². The Hall–Kier alpha value is -2.50. The molecule has 0 unspecified atom stereocenters. The minimum absolute atomic E-state index is 0.162. The second kappa shape index (κ2) is 6.73. The number of aromatic nitrogens is 2. The van der Waals surface area contributed by atoms with Crippen molar-refractivity contribution in [2.24, 2.45) is 5.92 Å². The van der Waals surface area contributed by atoms with Gasteiger partial charge < -0.3 is 4.90 Å². The van der Waals surface area contributed by atoms with E-state index in [4.69, 9.17) is 0 Å². The number of piperidine rings is 1. The van der Waals surface area contributed by atoms with E-state index in [0.29, 0.717) is 23.0 Å². The van der Waals surface area contributed by atoms with Crippen LogP contribution in [0.3, 0.4) is 0 Å². The van der Waals surface area contributed by atoms with Gasteiger partial charge in [0.2, 0.25) is 0 Å². The Morgan fingerprint density at radius 1 is 1.17 bits per heavy atom. The van der Waals surface area contributed by atoms with Crippen LogP contribution >= 0.6 is 0 Å². The van der Waals surface area contributed by atoms with E-state index in [9.17, 15) is 9.18 Å². The average Bonchev–Trinajstić information content (AvgIpc) is 2.57. The second-order valence-corrected chi connectivity index (χ2v) is 5.88. The summed E-state index contributed by atoms with van der Waals surface area (Å²) in [7, 11) is 0. The van der Waals surface area contributed by atoms with E-state index in [0.717, 1.165) is 25.9 Å². The maximum atomic E-state index is 13.7. The Balaban J connectivity index is 1.66. The molecule has 0 radical (unpaired) electrons. The molecule has 1 aliphatic heterocycles. The van der Waals surface area contributed by atoms with Crippen LogP contribution in [0.1, 0.15) is 19.8 Å². The Bertz CT molecular complexity index is 681. The maximum Gasteiger partial charge on any atom is 0.323 e. The van der Waals surface area contributed by atoms with Crippen molar-refractivity contribution in [2.45, 2.75) is 19.8 Å². The van der Waals surface area contributed by atoms with Crippen LogP contribution in [0.2, 0.25) is 0 Å². The van der Waals surface area contributed by atoms with Crippen LogP contribution in [0.4, 0.5) is 15.0 Å². The summed E-state index contributed by atoms with van der Waals surface area (Å²) in [6.45, 7) is 3.71. The molecule has 2 aromatic rings. The number of hydrogen-bond acceptors (Lipinski definition) is 3. The largest absolute Gasteiger partial charge is 0.324 e. The second-order valence-electron chi connectivity index (χ2n) is 5.88. The molecular weight excluding hydrogens is 295 g/mol. The van der Waals surface area contributed by atoms with Gasteiger partial charge in [-0.05, 0) is 43.0 Å². The van der Waals surface area contributed by atoms with Crippen LogP contribution in [-0.4, -0.2) is 34.2 Å². The van der Waals surface area contributed by atoms with Gasteiger partial charge in [0.05, 0.1) is 5.69 Å². The number of nitrogens with zero attached hydrogens (tertiary/aromatic N) is 3. The van der Waals surface area contributed by atoms with Crippen molar-refractivity contribution < 1.29 is 9.18 Å². The van der Waals surface area contributed by atoms with Crippen molar-refractivity contribution >= 4 is 11.8 Å². The van der Waals surface area contributed by atoms with Crippen LogP contribution in [0.25, 0.3) is 11.3 Å². The predicted molar refractivity (Wildman–Crippen MR) is 86.4 cm³/mol. The summed E-state index contributed by atoms with van der Waals surface area (Å²) in [5.74, 6) is 0.689. The molecule has 6 heteroatoms. The highest BCUT2D eigenvalue weighted by molar-refractivity contribution is 5.88. The smallest absolute Gasteiger partial charge is 0.323 e. The number of nitrogens with one attached hydrogen (secondary N) is 1. The van der Waals surface area contributed by atoms with Gasteiger partial charge in [-0.25, -0.2) is 9.18 Å². The molecule has 1 aliphatic rings. The van der Waals surface area contributed by atoms with E-state index in [1.54, 1.807) is 35.2 Å². The number of carbonyl (C=O) groups excluding carboxylic acids is 1. The van der Waals surface area contributed by atoms with Gasteiger partial charge in [-0.15, -0.1) is 10.2 Å². The zero-order valence-corrected chi connectivity index (χ0v) is 13.0. The van der Waals surface area contributed by atoms with Gasteiger partial charge in [0, 0.05) is 18.7 Å². The summed E-state index contributed by atoms with van der Waals surface area (Å²) in [5.41, 5.74) is 0.829. The fraction of sp³-hybridized carbons (Fsp3) is 0.353. The molecule has 23 heavy (non-hydrogen) atoms. The van der Waals surface area contributed by atoms with E-state index in [2.05, 4.69) is 22.4 Å². The van der Waals surface area contributed by atoms with Crippen LogP contribution < -0.4 is 5.32 Å². The molecule has 0 aliphatic carbocycles. The third kappa shape index (κ3) is 3.64. The van der Waals surface area contributed by atoms with Crippen LogP contribution in [0.15, 0.2) is 36.4 Å². The number of urea groups is 1. The van der Waals surface area contributed by atoms with Gasteiger partial charge in [-0.3, -0.25) is 5.32 Å². The van der Waals surface area contributed by atoms with E-state index >= 15 is 0 Å². The lowest BCUT2D eigenvalue weighted by Gasteiger charge is -2.30. The highest BCUT2D eigenvalue weighted by atomic mass is 19.1. The highest BCUT2D eigenvalue weighted by Crippen LogP contribution is 2.21. The molecule has 1 fully saturated rings. The molecule has 1 aromatic carbocycles. The minimum Gasteiger partial charge on any atom is -0.324 e. The molecular formula is C17H19FN4O. The number of rotatable bonds is 2. The third-order valence-electron chi connectivity index (χ3n) is 4.12. The standard InChI is InChI=1S/C17H19FN4O/c1-12-8-10-22(11-9-12)17(23)19-16-7-6-15(20-21-16)13-4-2-3-5-14(13)18/h2-7,12H,8-11H2,1H3,(H,19,21,23). The molecule has 0 atom stereocenters. The molecule has 5 nitrogen and oxygen atoms in total. The Morgan fingerprint density at radius 2 is 1.91 bits per heavy atom. The zero-order valence-electron chi connectivity index (χ0n) is 13.0. The first-order valence-electron chi connectivity index (χ1n) is 7.78. The molecule has 0 spiro atoms. The van der Waals surface area contributed by atoms with Crippen LogP contribution in [0.5, 0.6) is 0 Å². The van der Waals surface area contributed by atoms with Crippen molar-refractivity contribution in [3.05, 3.63) is 42.2 Å². The van der Waals surface area contributed by atoms with E-state index in [1.165, 1.54) is 6.07 Å². The van der Waals surface area contributed by atoms with Crippen molar-refractivity contribution in [1.29, 1.82) is 0 Å². The first kappa shape index (κ1) is 15.4. The average molecular weight is 314 g/mol. The van der Waals surface area contributed by atoms with Crippen molar-refractivity contribution in [2.75, 3.05) is 18.4 Å². The number of benzene rings is 1. The number of halogens is 1. The molecule has 1 N–H and O–H groups in total. The minimum atomic E-state index is -0.346. The summed E-state index contributed by atoms with van der Waals surface area (Å²) in [4.78, 5) is 14.0. The van der Waals surface area contributed by atoms with Crippen molar-refractivity contribution in [1.82, 2.24) is 15.1 Å². The lowest BCUT2D eigenvalue weighted by atomic mass is 10.00.